The number of nitrogen functional groups attached to an aromatic ring is 2. The van der Waals surface area contributed by atoms with Crippen LogP contribution in [0.15, 0.2) is 121 Å². The predicted octanol–water partition coefficient (Wildman–Crippen LogP) is 19.4. The molecule has 12 rings (SSSR count). The van der Waals surface area contributed by atoms with E-state index in [9.17, 15) is 19.2 Å². The minimum absolute atomic E-state index is 0.113. The van der Waals surface area contributed by atoms with Crippen molar-refractivity contribution < 1.29 is 33.8 Å². The Labute approximate surface area is 658 Å². The molecular weight excluding hydrogens is 1860 g/mol. The smallest absolute Gasteiger partial charge is 0.412 e. The summed E-state index contributed by atoms with van der Waals surface area (Å²) in [6.07, 6.45) is 3.77. The zero-order chi connectivity index (χ0) is 73.6. The second-order valence-electron chi connectivity index (χ2n) is 20.4. The molecule has 0 saturated heterocycles. The number of ether oxygens (including phenoxy) is 2. The summed E-state index contributed by atoms with van der Waals surface area (Å²) in [4.78, 5) is 88.2. The van der Waals surface area contributed by atoms with E-state index < -0.39 is 42.4 Å². The molecule has 25 nitrogen and oxygen atoms in total. The SMILES string of the molecule is COC(=O)Nc1c[c]([Sn]([CH3])([CH3])[CH3])ccn1.COC(=O)Nc1cc(-c2nc(-c3ccc(Cl)cc3Cl)c(-c3nc(N)n[nH]3)s2)ccn1.N#CNC(=O)c1sc(Br)nc1-c1ccc(Cl)cc1Cl.Nc1n[nH]c(-c2sc(Br)nc2-c2ccc(Cl)cc2Cl)n1.O=C(O)c1sc(Br)nc1-c1ccc(Cl)cc1Cl. The number of carbonyl (C=O) groups excluding carboxylic acids is 3. The fourth-order valence-corrected chi connectivity index (χ4v) is 18.5. The molecule has 8 heterocycles. The molecule has 3 amide bonds. The molecule has 4 aromatic carbocycles. The van der Waals surface area contributed by atoms with E-state index in [1.165, 1.54) is 40.5 Å². The van der Waals surface area contributed by atoms with Crippen molar-refractivity contribution in [2.45, 2.75) is 14.8 Å². The van der Waals surface area contributed by atoms with Gasteiger partial charge in [0.25, 0.3) is 5.91 Å². The average Bonchev–Trinajstić information content (AvgIpc) is 1.66. The molecule has 0 atom stereocenters. The molecule has 520 valence electrons. The number of aromatic nitrogens is 12. The summed E-state index contributed by atoms with van der Waals surface area (Å²) in [5, 5.41) is 42.5. The number of anilines is 4. The number of hydrogen-bond acceptors (Lipinski definition) is 23. The number of aromatic carboxylic acids is 1. The van der Waals surface area contributed by atoms with Crippen LogP contribution in [0.5, 0.6) is 0 Å². The van der Waals surface area contributed by atoms with Gasteiger partial charge in [0.1, 0.15) is 25.5 Å². The van der Waals surface area contributed by atoms with Gasteiger partial charge < -0.3 is 21.3 Å². The Morgan fingerprint density at radius 3 is 1.35 bits per heavy atom. The molecule has 101 heavy (non-hydrogen) atoms. The third-order valence-corrected chi connectivity index (χ3v) is 26.3. The first-order valence-electron chi connectivity index (χ1n) is 27.7. The standard InChI is InChI=1S/C18H13Cl2N7O2S.C11H6BrCl2N5S.C11H4BrCl2N3OS.C10H4BrCl2NO2S.C7H7N2O2.3CH3.Sn/c1-29-18(28)23-12-6-8(4-5-22-12)16-24-13(10-3-2-9(19)7-11(10)20)14(30-16)15-25-17(21)27-26-15;12-10-16-7(5-2-1-4(13)3-6(5)14)8(20-10)9-17-11(15)19-18-9;12-11-17-8(9(19-11)10(18)16-4-15)6-2-1-5(13)3-7(6)14;11-10-14-7(8(17-10)9(15)16)5-2-1-4(12)3-6(5)13;1-11-7(10)9-6-4-2-3-5-8-6;;;;/h2-7H,1H3,(H,22,23,28)(H3,21,25,26,27);1-3H,(H3,15,17,18,19);1-3H,(H,16,18);1-3H,(H,15,16);3-5H,1H3,(H,8,9,10);3*1H3;. The molecule has 10 N–H and O–H groups in total. The van der Waals surface area contributed by atoms with Gasteiger partial charge in [-0.3, -0.25) is 25.6 Å². The first-order valence-corrected chi connectivity index (χ1v) is 46.3. The van der Waals surface area contributed by atoms with Crippen molar-refractivity contribution in [3.8, 4) is 83.2 Å². The number of carboxylic acid groups (broad SMARTS) is 1. The monoisotopic (exact) mass is 1890 g/mol. The molecule has 0 fully saturated rings. The van der Waals surface area contributed by atoms with Crippen LogP contribution in [-0.2, 0) is 9.47 Å². The molecule has 0 aliphatic rings. The van der Waals surface area contributed by atoms with Gasteiger partial charge in [0.15, 0.2) is 29.6 Å². The number of nitrogens with two attached hydrogens (primary N) is 2. The fraction of sp³-hybridized carbons (Fsp3) is 0.0833. The molecular formula is C60H43Br3Cl8N18O7S4Sn. The number of benzene rings is 4. The Morgan fingerprint density at radius 1 is 0.535 bits per heavy atom. The van der Waals surface area contributed by atoms with Crippen molar-refractivity contribution in [2.24, 2.45) is 0 Å². The molecule has 0 radical (unpaired) electrons. The van der Waals surface area contributed by atoms with Crippen LogP contribution >= 0.6 is 186 Å². The zero-order valence-electron chi connectivity index (χ0n) is 51.7. The fourth-order valence-electron chi connectivity index (χ4n) is 8.17. The van der Waals surface area contributed by atoms with Crippen LogP contribution in [-0.4, -0.2) is 122 Å². The Balaban J connectivity index is 0.000000164. The number of aromatic amines is 2. The van der Waals surface area contributed by atoms with Gasteiger partial charge in [0.05, 0.1) is 54.9 Å². The second kappa shape index (κ2) is 36.5. The van der Waals surface area contributed by atoms with Gasteiger partial charge in [-0.05, 0) is 133 Å². The van der Waals surface area contributed by atoms with Crippen molar-refractivity contribution >= 4 is 255 Å². The van der Waals surface area contributed by atoms with E-state index in [1.807, 2.05) is 18.2 Å². The number of amides is 3. The Bertz CT molecular complexity index is 5090. The van der Waals surface area contributed by atoms with Crippen molar-refractivity contribution in [2.75, 3.05) is 36.3 Å². The Morgan fingerprint density at radius 2 is 0.931 bits per heavy atom. The maximum Gasteiger partial charge on any atom is 0.412 e. The van der Waals surface area contributed by atoms with Crippen LogP contribution in [0.4, 0.5) is 33.1 Å². The van der Waals surface area contributed by atoms with Crippen molar-refractivity contribution in [1.29, 1.82) is 5.26 Å². The first-order chi connectivity index (χ1) is 47.9. The van der Waals surface area contributed by atoms with Gasteiger partial charge in [0.2, 0.25) is 11.9 Å². The average molecular weight is 1900 g/mol. The summed E-state index contributed by atoms with van der Waals surface area (Å²) < 4.78 is 12.2. The molecule has 8 aromatic heterocycles. The van der Waals surface area contributed by atoms with Crippen LogP contribution < -0.4 is 31.0 Å². The molecule has 12 aromatic rings. The van der Waals surface area contributed by atoms with Crippen LogP contribution in [0.1, 0.15) is 19.3 Å². The van der Waals surface area contributed by atoms with E-state index in [4.69, 9.17) is 120 Å². The van der Waals surface area contributed by atoms with Gasteiger partial charge in [0, 0.05) is 54.1 Å². The van der Waals surface area contributed by atoms with Crippen molar-refractivity contribution in [3.63, 3.8) is 0 Å². The zero-order valence-corrected chi connectivity index (χ0v) is 68.6. The van der Waals surface area contributed by atoms with Crippen molar-refractivity contribution in [3.05, 3.63) is 171 Å². The van der Waals surface area contributed by atoms with Crippen LogP contribution in [0.25, 0.3) is 77.0 Å². The number of hydrogen-bond donors (Lipinski definition) is 8. The molecule has 0 unspecified atom stereocenters. The number of nitriles is 1. The third kappa shape index (κ3) is 21.8. The minimum atomic E-state index is -2.07. The predicted molar refractivity (Wildman–Crippen MR) is 416 cm³/mol. The van der Waals surface area contributed by atoms with E-state index in [2.05, 4.69) is 143 Å². The van der Waals surface area contributed by atoms with Crippen molar-refractivity contribution in [1.82, 2.24) is 65.6 Å². The Hall–Kier alpha value is -6.89. The maximum absolute atomic E-state index is 11.8. The molecule has 0 aliphatic carbocycles. The number of carbonyl (C=O) groups is 4. The molecule has 0 spiro atoms. The van der Waals surface area contributed by atoms with Crippen LogP contribution in [0, 0.1) is 11.5 Å². The number of rotatable bonds is 12. The number of H-pyrrole nitrogens is 2. The summed E-state index contributed by atoms with van der Waals surface area (Å²) >= 11 is 60.9. The van der Waals surface area contributed by atoms with E-state index in [0.29, 0.717) is 129 Å². The second-order valence-corrected chi connectivity index (χ2v) is 46.1. The molecule has 0 bridgehead atoms. The minimum Gasteiger partial charge on any atom is -0.477 e. The summed E-state index contributed by atoms with van der Waals surface area (Å²) in [7, 11) is 2.61. The van der Waals surface area contributed by atoms with E-state index in [1.54, 1.807) is 97.4 Å². The van der Waals surface area contributed by atoms with Gasteiger partial charge in [-0.2, -0.15) is 15.2 Å². The van der Waals surface area contributed by atoms with E-state index >= 15 is 0 Å². The largest absolute Gasteiger partial charge is 0.477 e. The normalized spacial score (nSPS) is 10.6. The summed E-state index contributed by atoms with van der Waals surface area (Å²) in [5.74, 6) is 0.628. The number of nitrogens with one attached hydrogen (secondary N) is 5. The number of methoxy groups -OCH3 is 2. The van der Waals surface area contributed by atoms with Gasteiger partial charge in [-0.1, -0.05) is 104 Å². The van der Waals surface area contributed by atoms with Gasteiger partial charge in [-0.15, -0.1) is 44.2 Å². The quantitative estimate of drug-likeness (QED) is 0.0320. The topological polar surface area (TPSA) is 379 Å². The molecule has 0 saturated carbocycles. The number of halogens is 11. The number of thiazole rings is 4. The third-order valence-electron chi connectivity index (χ3n) is 12.6. The maximum atomic E-state index is 11.8. The number of nitrogens with zero attached hydrogens (tertiary/aromatic N) is 11. The molecule has 0 aliphatic heterocycles. The van der Waals surface area contributed by atoms with Gasteiger partial charge in [-0.25, -0.2) is 34.5 Å². The van der Waals surface area contributed by atoms with Crippen LogP contribution in [0.3, 0.4) is 0 Å². The van der Waals surface area contributed by atoms with Crippen LogP contribution in [0.2, 0.25) is 55.0 Å². The van der Waals surface area contributed by atoms with E-state index in [-0.39, 0.29) is 16.8 Å². The summed E-state index contributed by atoms with van der Waals surface area (Å²) in [6, 6.07) is 27.6. The number of carboxylic acids is 1. The first kappa shape index (κ1) is 79.8. The van der Waals surface area contributed by atoms with E-state index in [0.717, 1.165) is 38.7 Å². The Kier molecular flexibility index (Phi) is 28.8. The molecule has 41 heteroatoms. The number of pyridine rings is 2. The van der Waals surface area contributed by atoms with Gasteiger partial charge >= 0.3 is 106 Å². The summed E-state index contributed by atoms with van der Waals surface area (Å²) in [6.45, 7) is 0. The summed E-state index contributed by atoms with van der Waals surface area (Å²) in [5.41, 5.74) is 16.6.